The Morgan fingerprint density at radius 3 is 3.07 bits per heavy atom. The summed E-state index contributed by atoms with van der Waals surface area (Å²) in [5.74, 6) is 0.753. The van der Waals surface area contributed by atoms with Crippen molar-refractivity contribution in [1.29, 1.82) is 0 Å². The lowest BCUT2D eigenvalue weighted by Gasteiger charge is -2.25. The summed E-state index contributed by atoms with van der Waals surface area (Å²) in [5, 5.41) is 10.4. The van der Waals surface area contributed by atoms with Crippen molar-refractivity contribution in [1.82, 2.24) is 9.55 Å². The molecule has 0 aromatic carbocycles. The highest BCUT2D eigenvalue weighted by molar-refractivity contribution is 5.04. The Morgan fingerprint density at radius 1 is 1.50 bits per heavy atom. The molecule has 1 fully saturated rings. The molecule has 14 heavy (non-hydrogen) atoms. The molecular weight excluding hydrogens is 180 g/mol. The van der Waals surface area contributed by atoms with E-state index in [0.717, 1.165) is 25.3 Å². The van der Waals surface area contributed by atoms with Gasteiger partial charge in [-0.1, -0.05) is 0 Å². The second-order valence-corrected chi connectivity index (χ2v) is 3.86. The molecule has 1 aliphatic rings. The van der Waals surface area contributed by atoms with Crippen LogP contribution in [-0.4, -0.2) is 27.9 Å². The van der Waals surface area contributed by atoms with Gasteiger partial charge < -0.3 is 14.4 Å². The van der Waals surface area contributed by atoms with Gasteiger partial charge in [-0.3, -0.25) is 0 Å². The van der Waals surface area contributed by atoms with Crippen LogP contribution in [0.25, 0.3) is 0 Å². The van der Waals surface area contributed by atoms with Gasteiger partial charge >= 0.3 is 0 Å². The zero-order chi connectivity index (χ0) is 10.0. The fourth-order valence-corrected chi connectivity index (χ4v) is 1.97. The first-order valence-electron chi connectivity index (χ1n) is 5.00. The van der Waals surface area contributed by atoms with Gasteiger partial charge in [-0.15, -0.1) is 0 Å². The highest BCUT2D eigenvalue weighted by atomic mass is 16.5. The van der Waals surface area contributed by atoms with Crippen molar-refractivity contribution in [2.45, 2.75) is 24.9 Å². The van der Waals surface area contributed by atoms with Gasteiger partial charge in [0, 0.05) is 39.1 Å². The van der Waals surface area contributed by atoms with Gasteiger partial charge in [0.25, 0.3) is 0 Å². The molecular formula is C10H16N2O2. The Hall–Kier alpha value is -0.870. The number of hydrogen-bond donors (Lipinski definition) is 1. The molecule has 1 atom stereocenters. The van der Waals surface area contributed by atoms with Crippen molar-refractivity contribution in [2.75, 3.05) is 13.2 Å². The standard InChI is InChI=1S/C10H16N2O2/c1-12-6-5-11-9(12)10(13)3-2-7-14-8-4-10/h5-6,13H,2-4,7-8H2,1H3. The van der Waals surface area contributed by atoms with E-state index >= 15 is 0 Å². The minimum atomic E-state index is -0.797. The number of rotatable bonds is 1. The van der Waals surface area contributed by atoms with E-state index in [9.17, 15) is 5.11 Å². The van der Waals surface area contributed by atoms with Gasteiger partial charge in [-0.25, -0.2) is 4.98 Å². The van der Waals surface area contributed by atoms with Crippen LogP contribution < -0.4 is 0 Å². The fourth-order valence-electron chi connectivity index (χ4n) is 1.97. The first-order chi connectivity index (χ1) is 6.72. The number of nitrogens with zero attached hydrogens (tertiary/aromatic N) is 2. The molecule has 1 unspecified atom stereocenters. The minimum Gasteiger partial charge on any atom is -0.382 e. The molecule has 0 radical (unpaired) electrons. The lowest BCUT2D eigenvalue weighted by molar-refractivity contribution is 0.00383. The topological polar surface area (TPSA) is 47.3 Å². The zero-order valence-corrected chi connectivity index (χ0v) is 8.44. The van der Waals surface area contributed by atoms with Crippen LogP contribution in [0.3, 0.4) is 0 Å². The fraction of sp³-hybridized carbons (Fsp3) is 0.700. The second kappa shape index (κ2) is 3.71. The maximum Gasteiger partial charge on any atom is 0.140 e. The number of ether oxygens (including phenoxy) is 1. The van der Waals surface area contributed by atoms with Gasteiger partial charge in [-0.05, 0) is 12.8 Å². The van der Waals surface area contributed by atoms with Crippen molar-refractivity contribution in [2.24, 2.45) is 7.05 Å². The molecule has 4 nitrogen and oxygen atoms in total. The van der Waals surface area contributed by atoms with Crippen LogP contribution >= 0.6 is 0 Å². The minimum absolute atomic E-state index is 0.614. The molecule has 1 aromatic rings. The predicted molar refractivity (Wildman–Crippen MR) is 51.8 cm³/mol. The van der Waals surface area contributed by atoms with Gasteiger partial charge in [0.15, 0.2) is 0 Å². The lowest BCUT2D eigenvalue weighted by Crippen LogP contribution is -2.29. The molecule has 0 saturated carbocycles. The SMILES string of the molecule is Cn1ccnc1C1(O)CCCOCC1. The van der Waals surface area contributed by atoms with Crippen LogP contribution in [0.4, 0.5) is 0 Å². The van der Waals surface area contributed by atoms with E-state index in [1.165, 1.54) is 0 Å². The molecule has 1 saturated heterocycles. The first kappa shape index (κ1) is 9.68. The van der Waals surface area contributed by atoms with Crippen molar-refractivity contribution in [3.63, 3.8) is 0 Å². The van der Waals surface area contributed by atoms with E-state index in [4.69, 9.17) is 4.74 Å². The first-order valence-corrected chi connectivity index (χ1v) is 5.00. The van der Waals surface area contributed by atoms with Crippen molar-refractivity contribution in [3.8, 4) is 0 Å². The number of aromatic nitrogens is 2. The molecule has 2 heterocycles. The number of aryl methyl sites for hydroxylation is 1. The van der Waals surface area contributed by atoms with E-state index in [-0.39, 0.29) is 0 Å². The number of imidazole rings is 1. The van der Waals surface area contributed by atoms with E-state index < -0.39 is 5.60 Å². The summed E-state index contributed by atoms with van der Waals surface area (Å²) >= 11 is 0. The molecule has 4 heteroatoms. The largest absolute Gasteiger partial charge is 0.382 e. The average Bonchev–Trinajstić information content (AvgIpc) is 2.46. The van der Waals surface area contributed by atoms with Crippen LogP contribution in [0.2, 0.25) is 0 Å². The Balaban J connectivity index is 2.25. The van der Waals surface area contributed by atoms with Crippen molar-refractivity contribution >= 4 is 0 Å². The Morgan fingerprint density at radius 2 is 2.36 bits per heavy atom. The summed E-state index contributed by atoms with van der Waals surface area (Å²) in [6.45, 7) is 1.36. The van der Waals surface area contributed by atoms with Gasteiger partial charge in [-0.2, -0.15) is 0 Å². The highest BCUT2D eigenvalue weighted by Gasteiger charge is 2.33. The Labute approximate surface area is 83.5 Å². The third kappa shape index (κ3) is 1.67. The maximum atomic E-state index is 10.4. The molecule has 78 valence electrons. The van der Waals surface area contributed by atoms with E-state index in [1.54, 1.807) is 6.20 Å². The normalized spacial score (nSPS) is 28.7. The average molecular weight is 196 g/mol. The molecule has 2 rings (SSSR count). The number of hydrogen-bond acceptors (Lipinski definition) is 3. The van der Waals surface area contributed by atoms with Crippen LogP contribution in [0.5, 0.6) is 0 Å². The molecule has 0 bridgehead atoms. The van der Waals surface area contributed by atoms with Gasteiger partial charge in [0.2, 0.25) is 0 Å². The van der Waals surface area contributed by atoms with E-state index in [0.29, 0.717) is 13.0 Å². The molecule has 1 N–H and O–H groups in total. The summed E-state index contributed by atoms with van der Waals surface area (Å²) in [4.78, 5) is 4.21. The molecule has 1 aliphatic heterocycles. The third-order valence-electron chi connectivity index (χ3n) is 2.78. The van der Waals surface area contributed by atoms with Crippen molar-refractivity contribution < 1.29 is 9.84 Å². The monoisotopic (exact) mass is 196 g/mol. The van der Waals surface area contributed by atoms with Gasteiger partial charge in [0.1, 0.15) is 11.4 Å². The summed E-state index contributed by atoms with van der Waals surface area (Å²) < 4.78 is 7.21. The number of aliphatic hydroxyl groups is 1. The molecule has 1 aromatic heterocycles. The maximum absolute atomic E-state index is 10.4. The third-order valence-corrected chi connectivity index (χ3v) is 2.78. The van der Waals surface area contributed by atoms with Gasteiger partial charge in [0.05, 0.1) is 0 Å². The summed E-state index contributed by atoms with van der Waals surface area (Å²) in [6.07, 6.45) is 5.84. The van der Waals surface area contributed by atoms with Crippen LogP contribution in [0.1, 0.15) is 25.1 Å². The molecule has 0 amide bonds. The highest BCUT2D eigenvalue weighted by Crippen LogP contribution is 2.30. The lowest BCUT2D eigenvalue weighted by atomic mass is 9.94. The quantitative estimate of drug-likeness (QED) is 0.723. The predicted octanol–water partition coefficient (Wildman–Crippen LogP) is 0.808. The Kier molecular flexibility index (Phi) is 2.56. The summed E-state index contributed by atoms with van der Waals surface area (Å²) in [7, 11) is 1.91. The zero-order valence-electron chi connectivity index (χ0n) is 8.44. The Bertz CT molecular complexity index is 301. The second-order valence-electron chi connectivity index (χ2n) is 3.86. The van der Waals surface area contributed by atoms with Crippen LogP contribution in [0, 0.1) is 0 Å². The summed E-state index contributed by atoms with van der Waals surface area (Å²) in [6, 6.07) is 0. The van der Waals surface area contributed by atoms with Crippen LogP contribution in [-0.2, 0) is 17.4 Å². The van der Waals surface area contributed by atoms with E-state index in [2.05, 4.69) is 4.98 Å². The van der Waals surface area contributed by atoms with Crippen molar-refractivity contribution in [3.05, 3.63) is 18.2 Å². The molecule has 0 aliphatic carbocycles. The molecule has 0 spiro atoms. The smallest absolute Gasteiger partial charge is 0.140 e. The van der Waals surface area contributed by atoms with Crippen LogP contribution in [0.15, 0.2) is 12.4 Å². The van der Waals surface area contributed by atoms with E-state index in [1.807, 2.05) is 17.8 Å². The summed E-state index contributed by atoms with van der Waals surface area (Å²) in [5.41, 5.74) is -0.797.